The number of nitrogens with zero attached hydrogens (tertiary/aromatic N) is 2. The molecule has 0 unspecified atom stereocenters. The van der Waals surface area contributed by atoms with E-state index in [1.807, 2.05) is 52.8 Å². The van der Waals surface area contributed by atoms with Crippen molar-refractivity contribution in [2.75, 3.05) is 5.32 Å². The molecule has 0 saturated heterocycles. The smallest absolute Gasteiger partial charge is 0.340 e. The third-order valence-electron chi connectivity index (χ3n) is 4.68. The number of carbonyl (C=O) groups excluding carboxylic acids is 1. The summed E-state index contributed by atoms with van der Waals surface area (Å²) >= 11 is 0. The SMILES string of the molecule is CC(=O)Nc1ccc(S(=O)(=O)Oc2cc(C(C)(C)C)nn2-c2ccc(C)cc2C)cc1. The molecule has 1 N–H and O–H groups in total. The highest BCUT2D eigenvalue weighted by molar-refractivity contribution is 7.87. The molecule has 0 aliphatic carbocycles. The molecule has 0 fully saturated rings. The maximum Gasteiger partial charge on any atom is 0.340 e. The van der Waals surface area contributed by atoms with Crippen LogP contribution in [0.4, 0.5) is 5.69 Å². The van der Waals surface area contributed by atoms with Crippen LogP contribution in [-0.4, -0.2) is 24.1 Å². The molecule has 1 amide bonds. The topological polar surface area (TPSA) is 90.3 Å². The normalized spacial score (nSPS) is 11.9. The van der Waals surface area contributed by atoms with Crippen molar-refractivity contribution in [3.63, 3.8) is 0 Å². The van der Waals surface area contributed by atoms with Gasteiger partial charge in [0.15, 0.2) is 0 Å². The molecule has 0 spiro atoms. The summed E-state index contributed by atoms with van der Waals surface area (Å²) < 4.78 is 33.0. The minimum atomic E-state index is -4.12. The Labute approximate surface area is 183 Å². The van der Waals surface area contributed by atoms with Crippen LogP contribution in [0.1, 0.15) is 44.5 Å². The zero-order valence-corrected chi connectivity index (χ0v) is 19.4. The van der Waals surface area contributed by atoms with Crippen LogP contribution in [0.15, 0.2) is 53.4 Å². The van der Waals surface area contributed by atoms with E-state index in [1.54, 1.807) is 6.07 Å². The second kappa shape index (κ2) is 8.19. The summed E-state index contributed by atoms with van der Waals surface area (Å²) in [5, 5.41) is 7.25. The molecule has 1 aromatic heterocycles. The van der Waals surface area contributed by atoms with Crippen molar-refractivity contribution in [3.05, 3.63) is 65.4 Å². The van der Waals surface area contributed by atoms with Gasteiger partial charge in [0.25, 0.3) is 0 Å². The van der Waals surface area contributed by atoms with Gasteiger partial charge in [-0.15, -0.1) is 0 Å². The third-order valence-corrected chi connectivity index (χ3v) is 5.92. The highest BCUT2D eigenvalue weighted by Crippen LogP contribution is 2.31. The molecule has 164 valence electrons. The van der Waals surface area contributed by atoms with Crippen molar-refractivity contribution in [1.82, 2.24) is 9.78 Å². The summed E-state index contributed by atoms with van der Waals surface area (Å²) in [5.74, 6) is -0.123. The van der Waals surface area contributed by atoms with Gasteiger partial charge in [-0.1, -0.05) is 38.5 Å². The zero-order valence-electron chi connectivity index (χ0n) is 18.6. The average Bonchev–Trinajstić information content (AvgIpc) is 3.05. The Hall–Kier alpha value is -3.13. The summed E-state index contributed by atoms with van der Waals surface area (Å²) in [7, 11) is -4.12. The molecule has 2 aromatic carbocycles. The number of carbonyl (C=O) groups is 1. The molecule has 1 heterocycles. The summed E-state index contributed by atoms with van der Waals surface area (Å²) in [4.78, 5) is 11.2. The highest BCUT2D eigenvalue weighted by atomic mass is 32.2. The van der Waals surface area contributed by atoms with Crippen LogP contribution in [0, 0.1) is 13.8 Å². The predicted octanol–water partition coefficient (Wildman–Crippen LogP) is 4.51. The number of anilines is 1. The Kier molecular flexibility index (Phi) is 5.96. The Morgan fingerprint density at radius 1 is 1.03 bits per heavy atom. The summed E-state index contributed by atoms with van der Waals surface area (Å²) in [6.45, 7) is 11.3. The Morgan fingerprint density at radius 2 is 1.68 bits per heavy atom. The molecule has 3 rings (SSSR count). The molecule has 0 bridgehead atoms. The van der Waals surface area contributed by atoms with Gasteiger partial charge >= 0.3 is 10.1 Å². The van der Waals surface area contributed by atoms with Crippen LogP contribution in [0.25, 0.3) is 5.69 Å². The number of nitrogens with one attached hydrogen (secondary N) is 1. The summed E-state index contributed by atoms with van der Waals surface area (Å²) in [5.41, 5.74) is 3.70. The van der Waals surface area contributed by atoms with Crippen LogP contribution in [0.3, 0.4) is 0 Å². The van der Waals surface area contributed by atoms with Gasteiger partial charge in [-0.05, 0) is 49.7 Å². The van der Waals surface area contributed by atoms with Crippen molar-refractivity contribution in [2.24, 2.45) is 0 Å². The molecule has 0 radical (unpaired) electrons. The van der Waals surface area contributed by atoms with Crippen LogP contribution < -0.4 is 9.50 Å². The van der Waals surface area contributed by atoms with Gasteiger partial charge in [0.1, 0.15) is 4.90 Å². The van der Waals surface area contributed by atoms with Crippen LogP contribution in [-0.2, 0) is 20.3 Å². The standard InChI is InChI=1S/C23H27N3O4S/c1-15-7-12-20(16(2)13-15)26-22(14-21(25-26)23(4,5)6)30-31(28,29)19-10-8-18(9-11-19)24-17(3)27/h7-14H,1-6H3,(H,24,27). The second-order valence-corrected chi connectivity index (χ2v) is 10.1. The number of aryl methyl sites for hydroxylation is 2. The zero-order chi connectivity index (χ0) is 23.0. The van der Waals surface area contributed by atoms with Crippen LogP contribution in [0.5, 0.6) is 5.88 Å². The third kappa shape index (κ3) is 5.14. The molecule has 0 atom stereocenters. The number of hydrogen-bond donors (Lipinski definition) is 1. The predicted molar refractivity (Wildman–Crippen MR) is 120 cm³/mol. The lowest BCUT2D eigenvalue weighted by Crippen LogP contribution is -2.14. The van der Waals surface area contributed by atoms with Crippen molar-refractivity contribution < 1.29 is 17.4 Å². The molecule has 8 heteroatoms. The van der Waals surface area contributed by atoms with Crippen molar-refractivity contribution in [2.45, 2.75) is 51.9 Å². The van der Waals surface area contributed by atoms with Crippen LogP contribution in [0.2, 0.25) is 0 Å². The minimum Gasteiger partial charge on any atom is -0.358 e. The van der Waals surface area contributed by atoms with E-state index >= 15 is 0 Å². The minimum absolute atomic E-state index is 0.0210. The van der Waals surface area contributed by atoms with Crippen LogP contribution >= 0.6 is 0 Å². The summed E-state index contributed by atoms with van der Waals surface area (Å²) in [6, 6.07) is 13.3. The fraction of sp³-hybridized carbons (Fsp3) is 0.304. The van der Waals surface area contributed by atoms with E-state index < -0.39 is 10.1 Å². The van der Waals surface area contributed by atoms with Gasteiger partial charge < -0.3 is 9.50 Å². The van der Waals surface area contributed by atoms with E-state index in [4.69, 9.17) is 4.18 Å². The van der Waals surface area contributed by atoms with E-state index in [1.165, 1.54) is 35.9 Å². The first-order valence-electron chi connectivity index (χ1n) is 9.87. The lowest BCUT2D eigenvalue weighted by Gasteiger charge is -2.14. The Balaban J connectivity index is 2.03. The van der Waals surface area contributed by atoms with E-state index in [0.717, 1.165) is 16.8 Å². The fourth-order valence-electron chi connectivity index (χ4n) is 3.07. The number of hydrogen-bond acceptors (Lipinski definition) is 5. The number of amides is 1. The lowest BCUT2D eigenvalue weighted by molar-refractivity contribution is -0.114. The maximum atomic E-state index is 13.0. The molecule has 7 nitrogen and oxygen atoms in total. The van der Waals surface area contributed by atoms with Crippen molar-refractivity contribution >= 4 is 21.7 Å². The molecule has 3 aromatic rings. The second-order valence-electron chi connectivity index (χ2n) is 8.56. The van der Waals surface area contributed by atoms with Gasteiger partial charge in [0.2, 0.25) is 11.8 Å². The molecular formula is C23H27N3O4S. The van der Waals surface area contributed by atoms with Crippen molar-refractivity contribution in [3.8, 4) is 11.6 Å². The van der Waals surface area contributed by atoms with Gasteiger partial charge in [-0.3, -0.25) is 4.79 Å². The first-order valence-corrected chi connectivity index (χ1v) is 11.3. The Morgan fingerprint density at radius 3 is 2.23 bits per heavy atom. The molecular weight excluding hydrogens is 414 g/mol. The molecule has 31 heavy (non-hydrogen) atoms. The Bertz CT molecular complexity index is 1220. The number of aromatic nitrogens is 2. The van der Waals surface area contributed by atoms with Gasteiger partial charge in [0, 0.05) is 24.1 Å². The van der Waals surface area contributed by atoms with Crippen molar-refractivity contribution in [1.29, 1.82) is 0 Å². The number of rotatable bonds is 5. The van der Waals surface area contributed by atoms with Gasteiger partial charge in [-0.2, -0.15) is 18.2 Å². The first kappa shape index (κ1) is 22.6. The molecule has 0 saturated carbocycles. The summed E-state index contributed by atoms with van der Waals surface area (Å²) in [6.07, 6.45) is 0. The number of benzene rings is 2. The fourth-order valence-corrected chi connectivity index (χ4v) is 3.98. The van der Waals surface area contributed by atoms with E-state index in [2.05, 4.69) is 10.4 Å². The monoisotopic (exact) mass is 441 g/mol. The molecule has 0 aliphatic rings. The first-order chi connectivity index (χ1) is 14.4. The largest absolute Gasteiger partial charge is 0.358 e. The van der Waals surface area contributed by atoms with E-state index in [9.17, 15) is 13.2 Å². The average molecular weight is 442 g/mol. The maximum absolute atomic E-state index is 13.0. The van der Waals surface area contributed by atoms with E-state index in [0.29, 0.717) is 11.4 Å². The van der Waals surface area contributed by atoms with E-state index in [-0.39, 0.29) is 22.1 Å². The quantitative estimate of drug-likeness (QED) is 0.588. The highest BCUT2D eigenvalue weighted by Gasteiger charge is 2.26. The van der Waals surface area contributed by atoms with Gasteiger partial charge in [-0.25, -0.2) is 0 Å². The molecule has 0 aliphatic heterocycles. The lowest BCUT2D eigenvalue weighted by atomic mass is 9.93. The van der Waals surface area contributed by atoms with Gasteiger partial charge in [0.05, 0.1) is 11.4 Å².